The average Bonchev–Trinajstić information content (AvgIpc) is 2.90. The van der Waals surface area contributed by atoms with Gasteiger partial charge in [0.1, 0.15) is 7.05 Å². The van der Waals surface area contributed by atoms with Crippen LogP contribution in [0.1, 0.15) is 0 Å². The topological polar surface area (TPSA) is 45.5 Å². The van der Waals surface area contributed by atoms with E-state index in [1.54, 1.807) is 0 Å². The van der Waals surface area contributed by atoms with Gasteiger partial charge in [-0.2, -0.15) is 9.67 Å². The Bertz CT molecular complexity index is 658. The van der Waals surface area contributed by atoms with Crippen LogP contribution in [0.4, 0.5) is 0 Å². The molecule has 0 amide bonds. The SMILES string of the molecule is C[n+]1ccccc1-c1nc(-c2ccccc2)n[nH]1. The summed E-state index contributed by atoms with van der Waals surface area (Å²) in [5.74, 6) is 1.49. The van der Waals surface area contributed by atoms with Gasteiger partial charge in [-0.25, -0.2) is 4.98 Å². The summed E-state index contributed by atoms with van der Waals surface area (Å²) in [5, 5.41) is 7.23. The van der Waals surface area contributed by atoms with Gasteiger partial charge in [-0.1, -0.05) is 30.3 Å². The summed E-state index contributed by atoms with van der Waals surface area (Å²) in [7, 11) is 1.99. The van der Waals surface area contributed by atoms with E-state index in [1.165, 1.54) is 0 Å². The molecule has 0 bridgehead atoms. The van der Waals surface area contributed by atoms with Crippen molar-refractivity contribution in [2.45, 2.75) is 0 Å². The first-order chi connectivity index (χ1) is 8.84. The van der Waals surface area contributed by atoms with Crippen molar-refractivity contribution in [3.63, 3.8) is 0 Å². The number of nitrogens with zero attached hydrogens (tertiary/aromatic N) is 3. The van der Waals surface area contributed by atoms with Gasteiger partial charge in [-0.05, 0) is 6.07 Å². The lowest BCUT2D eigenvalue weighted by Crippen LogP contribution is -2.30. The van der Waals surface area contributed by atoms with E-state index in [2.05, 4.69) is 15.2 Å². The molecule has 1 aromatic carbocycles. The van der Waals surface area contributed by atoms with Crippen molar-refractivity contribution in [3.8, 4) is 22.9 Å². The highest BCUT2D eigenvalue weighted by Crippen LogP contribution is 2.16. The molecule has 88 valence electrons. The first-order valence-electron chi connectivity index (χ1n) is 5.77. The lowest BCUT2D eigenvalue weighted by molar-refractivity contribution is -0.660. The molecular formula is C14H13N4+. The van der Waals surface area contributed by atoms with E-state index >= 15 is 0 Å². The monoisotopic (exact) mass is 237 g/mol. The number of aryl methyl sites for hydroxylation is 1. The molecule has 0 radical (unpaired) electrons. The molecule has 0 saturated heterocycles. The lowest BCUT2D eigenvalue weighted by atomic mass is 10.2. The molecule has 0 fully saturated rings. The van der Waals surface area contributed by atoms with E-state index in [4.69, 9.17) is 0 Å². The Balaban J connectivity index is 2.03. The normalized spacial score (nSPS) is 10.5. The fraction of sp³-hybridized carbons (Fsp3) is 0.0714. The zero-order chi connectivity index (χ0) is 12.4. The third-order valence-electron chi connectivity index (χ3n) is 2.81. The van der Waals surface area contributed by atoms with E-state index in [-0.39, 0.29) is 0 Å². The van der Waals surface area contributed by atoms with Crippen molar-refractivity contribution in [1.82, 2.24) is 15.2 Å². The van der Waals surface area contributed by atoms with Crippen molar-refractivity contribution < 1.29 is 4.57 Å². The van der Waals surface area contributed by atoms with Crippen molar-refractivity contribution in [2.24, 2.45) is 7.05 Å². The van der Waals surface area contributed by atoms with Crippen LogP contribution in [-0.2, 0) is 7.05 Å². The molecule has 2 aromatic heterocycles. The van der Waals surface area contributed by atoms with Gasteiger partial charge in [0.05, 0.1) is 0 Å². The van der Waals surface area contributed by atoms with Crippen molar-refractivity contribution in [2.75, 3.05) is 0 Å². The highest BCUT2D eigenvalue weighted by molar-refractivity contribution is 5.57. The van der Waals surface area contributed by atoms with Gasteiger partial charge in [0.2, 0.25) is 11.5 Å². The molecule has 3 aromatic rings. The number of pyridine rings is 1. The minimum Gasteiger partial charge on any atom is -0.254 e. The number of nitrogens with one attached hydrogen (secondary N) is 1. The fourth-order valence-corrected chi connectivity index (χ4v) is 1.86. The molecule has 0 spiro atoms. The zero-order valence-electron chi connectivity index (χ0n) is 10.0. The fourth-order valence-electron chi connectivity index (χ4n) is 1.86. The summed E-state index contributed by atoms with van der Waals surface area (Å²) in [6.45, 7) is 0. The van der Waals surface area contributed by atoms with Crippen LogP contribution in [0.3, 0.4) is 0 Å². The molecule has 3 rings (SSSR count). The van der Waals surface area contributed by atoms with Gasteiger partial charge in [0.15, 0.2) is 12.0 Å². The van der Waals surface area contributed by atoms with Crippen LogP contribution in [0, 0.1) is 0 Å². The predicted molar refractivity (Wildman–Crippen MR) is 68.4 cm³/mol. The molecule has 2 heterocycles. The summed E-state index contributed by atoms with van der Waals surface area (Å²) < 4.78 is 2.01. The van der Waals surface area contributed by atoms with Gasteiger partial charge in [-0.3, -0.25) is 5.10 Å². The molecule has 0 atom stereocenters. The molecule has 0 aliphatic rings. The Kier molecular flexibility index (Phi) is 2.61. The standard InChI is InChI=1S/C14H12N4/c1-18-10-6-5-9-12(18)14-15-13(16-17-14)11-7-3-2-4-8-11/h2-10H,1H3/p+1. The third-order valence-corrected chi connectivity index (χ3v) is 2.81. The molecule has 4 heteroatoms. The van der Waals surface area contributed by atoms with Gasteiger partial charge in [0, 0.05) is 17.7 Å². The number of benzene rings is 1. The number of rotatable bonds is 2. The van der Waals surface area contributed by atoms with Crippen molar-refractivity contribution in [3.05, 3.63) is 54.7 Å². The molecule has 0 aliphatic heterocycles. The van der Waals surface area contributed by atoms with Crippen LogP contribution in [0.2, 0.25) is 0 Å². The number of aromatic nitrogens is 4. The van der Waals surface area contributed by atoms with Crippen LogP contribution in [0.25, 0.3) is 22.9 Å². The van der Waals surface area contributed by atoms with E-state index in [0.717, 1.165) is 22.9 Å². The Hall–Kier alpha value is -2.49. The summed E-state index contributed by atoms with van der Waals surface area (Å²) in [6, 6.07) is 15.9. The van der Waals surface area contributed by atoms with Crippen LogP contribution < -0.4 is 4.57 Å². The van der Waals surface area contributed by atoms with Gasteiger partial charge < -0.3 is 0 Å². The molecular weight excluding hydrogens is 224 g/mol. The largest absolute Gasteiger partial charge is 0.254 e. The molecule has 18 heavy (non-hydrogen) atoms. The van der Waals surface area contributed by atoms with Gasteiger partial charge in [0.25, 0.3) is 0 Å². The van der Waals surface area contributed by atoms with E-state index < -0.39 is 0 Å². The summed E-state index contributed by atoms with van der Waals surface area (Å²) in [4.78, 5) is 4.52. The highest BCUT2D eigenvalue weighted by atomic mass is 15.2. The third kappa shape index (κ3) is 1.88. The van der Waals surface area contributed by atoms with E-state index in [9.17, 15) is 0 Å². The van der Waals surface area contributed by atoms with Gasteiger partial charge >= 0.3 is 0 Å². The molecule has 0 aliphatic carbocycles. The first kappa shape index (κ1) is 10.7. The lowest BCUT2D eigenvalue weighted by Gasteiger charge is -1.94. The number of aromatic amines is 1. The number of hydrogen-bond acceptors (Lipinski definition) is 2. The number of hydrogen-bond donors (Lipinski definition) is 1. The molecule has 0 saturated carbocycles. The Labute approximate surface area is 105 Å². The maximum Gasteiger partial charge on any atom is 0.249 e. The van der Waals surface area contributed by atoms with E-state index in [1.807, 2.05) is 66.3 Å². The van der Waals surface area contributed by atoms with E-state index in [0.29, 0.717) is 0 Å². The minimum atomic E-state index is 0.717. The summed E-state index contributed by atoms with van der Waals surface area (Å²) in [5.41, 5.74) is 2.02. The second-order valence-electron chi connectivity index (χ2n) is 4.07. The quantitative estimate of drug-likeness (QED) is 0.692. The van der Waals surface area contributed by atoms with Gasteiger partial charge in [-0.15, -0.1) is 0 Å². The Morgan fingerprint density at radius 1 is 1.00 bits per heavy atom. The molecule has 4 nitrogen and oxygen atoms in total. The second kappa shape index (κ2) is 4.41. The maximum atomic E-state index is 4.52. The van der Waals surface area contributed by atoms with Crippen molar-refractivity contribution >= 4 is 0 Å². The zero-order valence-corrected chi connectivity index (χ0v) is 10.0. The van der Waals surface area contributed by atoms with Crippen LogP contribution in [-0.4, -0.2) is 15.2 Å². The van der Waals surface area contributed by atoms with Crippen LogP contribution in [0.15, 0.2) is 54.7 Å². The first-order valence-corrected chi connectivity index (χ1v) is 5.77. The molecule has 1 N–H and O–H groups in total. The Morgan fingerprint density at radius 2 is 1.78 bits per heavy atom. The maximum absolute atomic E-state index is 4.52. The summed E-state index contributed by atoms with van der Waals surface area (Å²) >= 11 is 0. The van der Waals surface area contributed by atoms with Crippen molar-refractivity contribution in [1.29, 1.82) is 0 Å². The number of H-pyrrole nitrogens is 1. The Morgan fingerprint density at radius 3 is 2.56 bits per heavy atom. The smallest absolute Gasteiger partial charge is 0.249 e. The minimum absolute atomic E-state index is 0.717. The van der Waals surface area contributed by atoms with Crippen LogP contribution >= 0.6 is 0 Å². The second-order valence-corrected chi connectivity index (χ2v) is 4.07. The van der Waals surface area contributed by atoms with Crippen LogP contribution in [0.5, 0.6) is 0 Å². The predicted octanol–water partition coefficient (Wildman–Crippen LogP) is 1.96. The highest BCUT2D eigenvalue weighted by Gasteiger charge is 2.14. The average molecular weight is 237 g/mol. The summed E-state index contributed by atoms with van der Waals surface area (Å²) in [6.07, 6.45) is 1.99. The molecule has 0 unspecified atom stereocenters.